The molecule has 0 fully saturated rings. The summed E-state index contributed by atoms with van der Waals surface area (Å²) in [6.07, 6.45) is 0. The number of rotatable bonds is 2. The van der Waals surface area contributed by atoms with Crippen molar-refractivity contribution >= 4 is 54.6 Å². The van der Waals surface area contributed by atoms with E-state index in [0.29, 0.717) is 0 Å². The normalized spacial score (nSPS) is 12.1. The lowest BCUT2D eigenvalue weighted by Crippen LogP contribution is -1.95. The summed E-state index contributed by atoms with van der Waals surface area (Å²) in [5.41, 5.74) is 9.31. The Morgan fingerprint density at radius 2 is 1.05 bits per heavy atom. The van der Waals surface area contributed by atoms with Gasteiger partial charge in [-0.05, 0) is 74.0 Å². The molecule has 0 aliphatic rings. The van der Waals surface area contributed by atoms with Gasteiger partial charge in [-0.25, -0.2) is 0 Å². The molecule has 0 spiro atoms. The van der Waals surface area contributed by atoms with Crippen LogP contribution in [0.1, 0.15) is 11.3 Å². The predicted octanol–water partition coefficient (Wildman–Crippen LogP) is 9.24. The van der Waals surface area contributed by atoms with Crippen LogP contribution in [0.3, 0.4) is 0 Å². The van der Waals surface area contributed by atoms with Crippen LogP contribution < -0.4 is 0 Å². The van der Waals surface area contributed by atoms with Gasteiger partial charge >= 0.3 is 0 Å². The highest BCUT2D eigenvalue weighted by Gasteiger charge is 2.18. The Kier molecular flexibility index (Phi) is 4.07. The van der Waals surface area contributed by atoms with E-state index >= 15 is 0 Å². The first-order valence-corrected chi connectivity index (χ1v) is 12.7. The second-order valence-corrected chi connectivity index (χ2v) is 9.89. The highest BCUT2D eigenvalue weighted by molar-refractivity contribution is 6.14. The molecule has 0 radical (unpaired) electrons. The van der Waals surface area contributed by atoms with Crippen molar-refractivity contribution in [3.8, 4) is 11.4 Å². The van der Waals surface area contributed by atoms with Crippen LogP contribution in [0, 0.1) is 13.8 Å². The van der Waals surface area contributed by atoms with Gasteiger partial charge in [0.05, 0.1) is 22.1 Å². The van der Waals surface area contributed by atoms with Gasteiger partial charge in [0.25, 0.3) is 0 Å². The molecule has 3 aromatic heterocycles. The van der Waals surface area contributed by atoms with E-state index < -0.39 is 0 Å². The number of aromatic nitrogens is 2. The van der Waals surface area contributed by atoms with Gasteiger partial charge in [0.1, 0.15) is 11.3 Å². The molecule has 0 saturated carbocycles. The van der Waals surface area contributed by atoms with E-state index in [1.54, 1.807) is 0 Å². The molecule has 3 heterocycles. The van der Waals surface area contributed by atoms with Gasteiger partial charge in [-0.2, -0.15) is 0 Å². The Morgan fingerprint density at radius 1 is 0.459 bits per heavy atom. The van der Waals surface area contributed by atoms with Gasteiger partial charge in [-0.1, -0.05) is 54.6 Å². The zero-order valence-corrected chi connectivity index (χ0v) is 20.7. The zero-order chi connectivity index (χ0) is 24.7. The summed E-state index contributed by atoms with van der Waals surface area (Å²) in [4.78, 5) is 0. The summed E-state index contributed by atoms with van der Waals surface area (Å²) in [5.74, 6) is 0.980. The summed E-state index contributed by atoms with van der Waals surface area (Å²) in [7, 11) is 0. The first-order chi connectivity index (χ1) is 18.2. The Hall–Kier alpha value is -4.76. The smallest absolute Gasteiger partial charge is 0.135 e. The summed E-state index contributed by atoms with van der Waals surface area (Å²) in [5, 5.41) is 6.13. The maximum atomic E-state index is 6.11. The Morgan fingerprint density at radius 3 is 1.78 bits per heavy atom. The largest absolute Gasteiger partial charge is 0.461 e. The molecule has 0 saturated heterocycles. The van der Waals surface area contributed by atoms with Gasteiger partial charge in [-0.3, -0.25) is 0 Å². The van der Waals surface area contributed by atoms with E-state index in [-0.39, 0.29) is 0 Å². The van der Waals surface area contributed by atoms with Crippen molar-refractivity contribution < 1.29 is 4.42 Å². The van der Waals surface area contributed by atoms with Crippen LogP contribution in [-0.4, -0.2) is 9.13 Å². The van der Waals surface area contributed by atoms with E-state index in [2.05, 4.69) is 125 Å². The molecule has 0 N–H and O–H groups in total. The zero-order valence-electron chi connectivity index (χ0n) is 20.7. The molecule has 0 aliphatic carbocycles. The molecule has 8 aromatic rings. The average molecular weight is 477 g/mol. The predicted molar refractivity (Wildman–Crippen MR) is 154 cm³/mol. The molecule has 0 aliphatic heterocycles. The van der Waals surface area contributed by atoms with Gasteiger partial charge in [0, 0.05) is 38.3 Å². The molecule has 0 atom stereocenters. The van der Waals surface area contributed by atoms with Crippen LogP contribution in [0.4, 0.5) is 0 Å². The molecule has 8 rings (SSSR count). The fourth-order valence-corrected chi connectivity index (χ4v) is 6.04. The van der Waals surface area contributed by atoms with Crippen LogP contribution in [0.25, 0.3) is 66.0 Å². The summed E-state index contributed by atoms with van der Waals surface area (Å²) in [6, 6.07) is 39.4. The molecule has 3 heteroatoms. The minimum atomic E-state index is 0.951. The summed E-state index contributed by atoms with van der Waals surface area (Å²) < 4.78 is 10.9. The fraction of sp³-hybridized carbons (Fsp3) is 0.0588. The fourth-order valence-electron chi connectivity index (χ4n) is 6.04. The van der Waals surface area contributed by atoms with Crippen LogP contribution >= 0.6 is 0 Å². The average Bonchev–Trinajstić information content (AvgIpc) is 3.54. The highest BCUT2D eigenvalue weighted by Crippen LogP contribution is 2.39. The number of hydrogen-bond donors (Lipinski definition) is 0. The standard InChI is InChI=1S/C34H24N2O/c1-21-22(2)37-34-20-29-26-13-7-9-15-31(26)36(33(29)19-27(21)34)24-16-17-32-28(18-24)25-12-6-8-14-30(25)35(32)23-10-4-3-5-11-23/h3-20H,1-2H3. The number of nitrogens with zero attached hydrogens (tertiary/aromatic N) is 2. The van der Waals surface area contributed by atoms with Crippen molar-refractivity contribution in [1.29, 1.82) is 0 Å². The number of hydrogen-bond acceptors (Lipinski definition) is 1. The van der Waals surface area contributed by atoms with Crippen molar-refractivity contribution in [2.45, 2.75) is 13.8 Å². The van der Waals surface area contributed by atoms with E-state index in [9.17, 15) is 0 Å². The molecule has 0 unspecified atom stereocenters. The monoisotopic (exact) mass is 476 g/mol. The number of fused-ring (bicyclic) bond motifs is 7. The second kappa shape index (κ2) is 7.37. The second-order valence-electron chi connectivity index (χ2n) is 9.89. The molecule has 0 amide bonds. The summed E-state index contributed by atoms with van der Waals surface area (Å²) >= 11 is 0. The minimum absolute atomic E-state index is 0.951. The van der Waals surface area contributed by atoms with Crippen molar-refractivity contribution in [3.05, 3.63) is 121 Å². The van der Waals surface area contributed by atoms with Gasteiger partial charge in [0.15, 0.2) is 0 Å². The van der Waals surface area contributed by atoms with Crippen molar-refractivity contribution in [3.63, 3.8) is 0 Å². The topological polar surface area (TPSA) is 23.0 Å². The lowest BCUT2D eigenvalue weighted by atomic mass is 10.1. The van der Waals surface area contributed by atoms with E-state index in [0.717, 1.165) is 17.0 Å². The van der Waals surface area contributed by atoms with E-state index in [1.165, 1.54) is 60.2 Å². The lowest BCUT2D eigenvalue weighted by Gasteiger charge is -2.10. The third-order valence-electron chi connectivity index (χ3n) is 7.90. The Labute approximate surface area is 213 Å². The molecule has 3 nitrogen and oxygen atoms in total. The van der Waals surface area contributed by atoms with Crippen molar-refractivity contribution in [2.24, 2.45) is 0 Å². The number of benzene rings is 5. The number of furan rings is 1. The van der Waals surface area contributed by atoms with Gasteiger partial charge < -0.3 is 13.6 Å². The SMILES string of the molecule is Cc1oc2cc3c4ccccc4n(-c4ccc5c(c4)c4ccccc4n5-c4ccccc4)c3cc2c1C. The van der Waals surface area contributed by atoms with Crippen LogP contribution in [0.5, 0.6) is 0 Å². The van der Waals surface area contributed by atoms with Gasteiger partial charge in [-0.15, -0.1) is 0 Å². The van der Waals surface area contributed by atoms with E-state index in [4.69, 9.17) is 4.42 Å². The molecular weight excluding hydrogens is 452 g/mol. The number of para-hydroxylation sites is 3. The maximum Gasteiger partial charge on any atom is 0.135 e. The van der Waals surface area contributed by atoms with Crippen molar-refractivity contribution in [1.82, 2.24) is 9.13 Å². The first-order valence-electron chi connectivity index (χ1n) is 12.7. The summed E-state index contributed by atoms with van der Waals surface area (Å²) in [6.45, 7) is 4.19. The number of aryl methyl sites for hydroxylation is 2. The first kappa shape index (κ1) is 20.4. The van der Waals surface area contributed by atoms with Crippen LogP contribution in [0.2, 0.25) is 0 Å². The molecular formula is C34H24N2O. The van der Waals surface area contributed by atoms with Crippen LogP contribution in [0.15, 0.2) is 114 Å². The quantitative estimate of drug-likeness (QED) is 0.244. The lowest BCUT2D eigenvalue weighted by molar-refractivity contribution is 0.575. The molecule has 5 aromatic carbocycles. The third-order valence-corrected chi connectivity index (χ3v) is 7.90. The van der Waals surface area contributed by atoms with Crippen LogP contribution in [-0.2, 0) is 0 Å². The third kappa shape index (κ3) is 2.77. The van der Waals surface area contributed by atoms with Crippen molar-refractivity contribution in [2.75, 3.05) is 0 Å². The maximum absolute atomic E-state index is 6.11. The minimum Gasteiger partial charge on any atom is -0.461 e. The Balaban J connectivity index is 1.48. The van der Waals surface area contributed by atoms with E-state index in [1.807, 2.05) is 6.92 Å². The van der Waals surface area contributed by atoms with Gasteiger partial charge in [0.2, 0.25) is 0 Å². The Bertz CT molecular complexity index is 2160. The molecule has 176 valence electrons. The molecule has 37 heavy (non-hydrogen) atoms. The highest BCUT2D eigenvalue weighted by atomic mass is 16.3. The molecule has 0 bridgehead atoms.